The fourth-order valence-corrected chi connectivity index (χ4v) is 2.75. The summed E-state index contributed by atoms with van der Waals surface area (Å²) in [7, 11) is 0. The molecule has 22 heavy (non-hydrogen) atoms. The Labute approximate surface area is 129 Å². The van der Waals surface area contributed by atoms with Crippen molar-refractivity contribution >= 4 is 11.7 Å². The van der Waals surface area contributed by atoms with Gasteiger partial charge >= 0.3 is 0 Å². The highest BCUT2D eigenvalue weighted by molar-refractivity contribution is 5.96. The van der Waals surface area contributed by atoms with Crippen molar-refractivity contribution in [2.24, 2.45) is 0 Å². The van der Waals surface area contributed by atoms with Crippen LogP contribution in [-0.2, 0) is 4.79 Å². The molecule has 0 aromatic heterocycles. The lowest BCUT2D eigenvalue weighted by Gasteiger charge is -2.22. The molecule has 0 atom stereocenters. The van der Waals surface area contributed by atoms with Gasteiger partial charge in [0.1, 0.15) is 5.82 Å². The van der Waals surface area contributed by atoms with Gasteiger partial charge in [0.15, 0.2) is 5.78 Å². The van der Waals surface area contributed by atoms with E-state index < -0.39 is 5.60 Å². The second kappa shape index (κ2) is 7.49. The molecule has 5 heteroatoms. The summed E-state index contributed by atoms with van der Waals surface area (Å²) in [5.74, 6) is -0.616. The third-order valence-corrected chi connectivity index (χ3v) is 4.12. The molecular weight excluding hydrogens is 285 g/mol. The maximum absolute atomic E-state index is 12.8. The normalized spacial score (nSPS) is 16.5. The maximum atomic E-state index is 12.8. The molecule has 0 spiro atoms. The number of amides is 1. The average Bonchev–Trinajstić information content (AvgIpc) is 2.93. The third-order valence-electron chi connectivity index (χ3n) is 4.12. The van der Waals surface area contributed by atoms with Gasteiger partial charge in [0, 0.05) is 24.9 Å². The molecule has 0 saturated heterocycles. The lowest BCUT2D eigenvalue weighted by molar-refractivity contribution is -0.122. The Kier molecular flexibility index (Phi) is 5.66. The van der Waals surface area contributed by atoms with E-state index in [-0.39, 0.29) is 36.9 Å². The van der Waals surface area contributed by atoms with Gasteiger partial charge in [0.05, 0.1) is 5.60 Å². The van der Waals surface area contributed by atoms with Gasteiger partial charge in [-0.2, -0.15) is 0 Å². The highest BCUT2D eigenvalue weighted by Gasteiger charge is 2.31. The number of ketones is 1. The lowest BCUT2D eigenvalue weighted by atomic mass is 10.0. The topological polar surface area (TPSA) is 66.4 Å². The standard InChI is InChI=1S/C17H22FNO3/c18-14-8-6-13(7-9-14)15(20)4-3-5-16(21)19-12-17(22)10-1-2-11-17/h6-9,22H,1-5,10-12H2,(H,19,21). The van der Waals surface area contributed by atoms with Crippen molar-refractivity contribution in [1.29, 1.82) is 0 Å². The number of hydrogen-bond acceptors (Lipinski definition) is 3. The van der Waals surface area contributed by atoms with Gasteiger partial charge in [0.2, 0.25) is 5.91 Å². The van der Waals surface area contributed by atoms with E-state index in [0.29, 0.717) is 12.0 Å². The molecule has 1 aliphatic rings. The Balaban J connectivity index is 1.66. The fourth-order valence-electron chi connectivity index (χ4n) is 2.75. The molecule has 0 heterocycles. The number of halogens is 1. The molecule has 4 nitrogen and oxygen atoms in total. The number of carbonyl (C=O) groups is 2. The second-order valence-electron chi connectivity index (χ2n) is 5.99. The van der Waals surface area contributed by atoms with Gasteiger partial charge < -0.3 is 10.4 Å². The van der Waals surface area contributed by atoms with Gasteiger partial charge in [-0.15, -0.1) is 0 Å². The predicted octanol–water partition coefficient (Wildman–Crippen LogP) is 2.60. The van der Waals surface area contributed by atoms with Crippen LogP contribution in [0.3, 0.4) is 0 Å². The van der Waals surface area contributed by atoms with Crippen LogP contribution in [0.15, 0.2) is 24.3 Å². The molecule has 1 amide bonds. The maximum Gasteiger partial charge on any atom is 0.220 e. The van der Waals surface area contributed by atoms with Crippen molar-refractivity contribution in [3.8, 4) is 0 Å². The smallest absolute Gasteiger partial charge is 0.220 e. The van der Waals surface area contributed by atoms with Crippen LogP contribution in [0.2, 0.25) is 0 Å². The second-order valence-corrected chi connectivity index (χ2v) is 5.99. The minimum Gasteiger partial charge on any atom is -0.388 e. The summed E-state index contributed by atoms with van der Waals surface area (Å²) in [6.45, 7) is 0.289. The first-order valence-electron chi connectivity index (χ1n) is 7.76. The largest absolute Gasteiger partial charge is 0.388 e. The lowest BCUT2D eigenvalue weighted by Crippen LogP contribution is -2.40. The molecule has 1 aromatic rings. The summed E-state index contributed by atoms with van der Waals surface area (Å²) in [5, 5.41) is 12.9. The average molecular weight is 307 g/mol. The molecule has 0 bridgehead atoms. The molecule has 1 aromatic carbocycles. The zero-order valence-electron chi connectivity index (χ0n) is 12.6. The summed E-state index contributed by atoms with van der Waals surface area (Å²) in [4.78, 5) is 23.6. The molecule has 0 aliphatic heterocycles. The molecule has 1 aliphatic carbocycles. The third kappa shape index (κ3) is 4.91. The summed E-state index contributed by atoms with van der Waals surface area (Å²) in [5.41, 5.74) is -0.290. The number of nitrogens with one attached hydrogen (secondary N) is 1. The number of aliphatic hydroxyl groups is 1. The van der Waals surface area contributed by atoms with Crippen LogP contribution in [-0.4, -0.2) is 28.9 Å². The molecular formula is C17H22FNO3. The van der Waals surface area contributed by atoms with Crippen molar-refractivity contribution < 1.29 is 19.1 Å². The van der Waals surface area contributed by atoms with Crippen LogP contribution in [0.25, 0.3) is 0 Å². The van der Waals surface area contributed by atoms with E-state index in [2.05, 4.69) is 5.32 Å². The Bertz CT molecular complexity index is 521. The van der Waals surface area contributed by atoms with Gasteiger partial charge in [-0.1, -0.05) is 12.8 Å². The predicted molar refractivity (Wildman–Crippen MR) is 81.0 cm³/mol. The molecule has 2 N–H and O–H groups in total. The monoisotopic (exact) mass is 307 g/mol. The van der Waals surface area contributed by atoms with E-state index in [9.17, 15) is 19.1 Å². The summed E-state index contributed by atoms with van der Waals surface area (Å²) < 4.78 is 12.8. The number of hydrogen-bond donors (Lipinski definition) is 2. The summed E-state index contributed by atoms with van der Waals surface area (Å²) >= 11 is 0. The SMILES string of the molecule is O=C(CCCC(=O)c1ccc(F)cc1)NCC1(O)CCCC1. The van der Waals surface area contributed by atoms with Crippen LogP contribution in [0, 0.1) is 5.82 Å². The van der Waals surface area contributed by atoms with Crippen LogP contribution in [0.4, 0.5) is 4.39 Å². The minimum absolute atomic E-state index is 0.0952. The fraction of sp³-hybridized carbons (Fsp3) is 0.529. The van der Waals surface area contributed by atoms with Gasteiger partial charge in [0.25, 0.3) is 0 Å². The Morgan fingerprint density at radius 3 is 2.41 bits per heavy atom. The number of benzene rings is 1. The highest BCUT2D eigenvalue weighted by atomic mass is 19.1. The van der Waals surface area contributed by atoms with Crippen molar-refractivity contribution in [1.82, 2.24) is 5.32 Å². The zero-order chi connectivity index (χ0) is 16.0. The highest BCUT2D eigenvalue weighted by Crippen LogP contribution is 2.28. The first-order valence-corrected chi connectivity index (χ1v) is 7.76. The molecule has 1 saturated carbocycles. The molecule has 0 radical (unpaired) electrons. The first-order chi connectivity index (χ1) is 10.5. The summed E-state index contributed by atoms with van der Waals surface area (Å²) in [6.07, 6.45) is 4.41. The minimum atomic E-state index is -0.750. The molecule has 2 rings (SSSR count). The van der Waals surface area contributed by atoms with Crippen LogP contribution < -0.4 is 5.32 Å². The van der Waals surface area contributed by atoms with Gasteiger partial charge in [-0.05, 0) is 43.5 Å². The Hall–Kier alpha value is -1.75. The first kappa shape index (κ1) is 16.6. The number of carbonyl (C=O) groups excluding carboxylic acids is 2. The molecule has 120 valence electrons. The van der Waals surface area contributed by atoms with Crippen LogP contribution in [0.1, 0.15) is 55.3 Å². The van der Waals surface area contributed by atoms with Crippen molar-refractivity contribution in [2.75, 3.05) is 6.54 Å². The summed E-state index contributed by atoms with van der Waals surface area (Å²) in [6, 6.07) is 5.41. The molecule has 1 fully saturated rings. The van der Waals surface area contributed by atoms with E-state index in [0.717, 1.165) is 25.7 Å². The van der Waals surface area contributed by atoms with Crippen LogP contribution >= 0.6 is 0 Å². The van der Waals surface area contributed by atoms with E-state index >= 15 is 0 Å². The van der Waals surface area contributed by atoms with E-state index in [1.807, 2.05) is 0 Å². The Morgan fingerprint density at radius 1 is 1.14 bits per heavy atom. The number of rotatable bonds is 7. The quantitative estimate of drug-likeness (QED) is 0.761. The van der Waals surface area contributed by atoms with E-state index in [4.69, 9.17) is 0 Å². The van der Waals surface area contributed by atoms with E-state index in [1.165, 1.54) is 24.3 Å². The van der Waals surface area contributed by atoms with Gasteiger partial charge in [-0.25, -0.2) is 4.39 Å². The van der Waals surface area contributed by atoms with Crippen molar-refractivity contribution in [3.05, 3.63) is 35.6 Å². The Morgan fingerprint density at radius 2 is 1.77 bits per heavy atom. The molecule has 0 unspecified atom stereocenters. The van der Waals surface area contributed by atoms with Crippen molar-refractivity contribution in [2.45, 2.75) is 50.5 Å². The van der Waals surface area contributed by atoms with Crippen molar-refractivity contribution in [3.63, 3.8) is 0 Å². The van der Waals surface area contributed by atoms with E-state index in [1.54, 1.807) is 0 Å². The number of Topliss-reactive ketones (excluding diaryl/α,β-unsaturated/α-hetero) is 1. The van der Waals surface area contributed by atoms with Gasteiger partial charge in [-0.3, -0.25) is 9.59 Å². The van der Waals surface area contributed by atoms with Crippen LogP contribution in [0.5, 0.6) is 0 Å². The zero-order valence-corrected chi connectivity index (χ0v) is 12.6.